The van der Waals surface area contributed by atoms with E-state index in [2.05, 4.69) is 5.32 Å². The maximum atomic E-state index is 12.7. The van der Waals surface area contributed by atoms with Crippen LogP contribution in [0.5, 0.6) is 5.75 Å². The summed E-state index contributed by atoms with van der Waals surface area (Å²) >= 11 is 6.55. The van der Waals surface area contributed by atoms with Crippen molar-refractivity contribution in [1.82, 2.24) is 4.90 Å². The van der Waals surface area contributed by atoms with Gasteiger partial charge >= 0.3 is 0 Å². The summed E-state index contributed by atoms with van der Waals surface area (Å²) in [5.41, 5.74) is 2.33. The van der Waals surface area contributed by atoms with Crippen molar-refractivity contribution < 1.29 is 14.7 Å². The number of benzene rings is 2. The molecule has 0 aliphatic carbocycles. The van der Waals surface area contributed by atoms with Crippen LogP contribution in [0.1, 0.15) is 18.9 Å². The third-order valence-electron chi connectivity index (χ3n) is 4.17. The highest BCUT2D eigenvalue weighted by Crippen LogP contribution is 2.32. The van der Waals surface area contributed by atoms with E-state index in [0.29, 0.717) is 14.9 Å². The summed E-state index contributed by atoms with van der Waals surface area (Å²) in [6.07, 6.45) is 3.88. The van der Waals surface area contributed by atoms with Gasteiger partial charge < -0.3 is 10.4 Å². The van der Waals surface area contributed by atoms with Crippen molar-refractivity contribution in [3.8, 4) is 5.75 Å². The number of nitrogens with one attached hydrogen (secondary N) is 1. The first-order valence-electron chi connectivity index (χ1n) is 9.00. The number of phenols is 1. The Balaban J connectivity index is 1.61. The number of hydrogen-bond donors (Lipinski definition) is 2. The molecular formula is C22H20N2O3S2. The Morgan fingerprint density at radius 3 is 2.59 bits per heavy atom. The van der Waals surface area contributed by atoms with Crippen LogP contribution in [0.2, 0.25) is 0 Å². The Labute approximate surface area is 179 Å². The number of amides is 2. The van der Waals surface area contributed by atoms with Gasteiger partial charge in [0.25, 0.3) is 5.91 Å². The number of anilines is 1. The van der Waals surface area contributed by atoms with Crippen LogP contribution >= 0.6 is 24.0 Å². The standard InChI is InChI=1S/C22H20N2O3S2/c1-15(13-16-7-3-2-4-8-16)14-19-21(27)24(22(28)29-19)12-11-20(26)23-17-9-5-6-10-18(17)25/h2-10,13-14,25H,11-12H2,1H3,(H,23,26)/b15-13?,19-14-. The van der Waals surface area contributed by atoms with E-state index in [-0.39, 0.29) is 30.5 Å². The molecule has 2 aromatic rings. The molecule has 7 heteroatoms. The largest absolute Gasteiger partial charge is 0.506 e. The van der Waals surface area contributed by atoms with Crippen LogP contribution in [0.3, 0.4) is 0 Å². The van der Waals surface area contributed by atoms with E-state index in [1.54, 1.807) is 18.2 Å². The first-order chi connectivity index (χ1) is 13.9. The smallest absolute Gasteiger partial charge is 0.266 e. The van der Waals surface area contributed by atoms with Crippen LogP contribution in [0.25, 0.3) is 6.08 Å². The average molecular weight is 425 g/mol. The zero-order valence-electron chi connectivity index (χ0n) is 15.8. The Hall–Kier alpha value is -2.90. The van der Waals surface area contributed by atoms with Crippen LogP contribution in [-0.4, -0.2) is 32.7 Å². The Bertz CT molecular complexity index is 1000. The van der Waals surface area contributed by atoms with Crippen LogP contribution in [0.15, 0.2) is 71.2 Å². The molecular weight excluding hydrogens is 404 g/mol. The van der Waals surface area contributed by atoms with Gasteiger partial charge in [-0.25, -0.2) is 0 Å². The number of phenolic OH excluding ortho intramolecular Hbond substituents is 1. The second-order valence-electron chi connectivity index (χ2n) is 6.45. The van der Waals surface area contributed by atoms with Crippen molar-refractivity contribution in [3.63, 3.8) is 0 Å². The van der Waals surface area contributed by atoms with Crippen molar-refractivity contribution in [1.29, 1.82) is 0 Å². The lowest BCUT2D eigenvalue weighted by Gasteiger charge is -2.14. The molecule has 0 radical (unpaired) electrons. The molecule has 1 fully saturated rings. The Morgan fingerprint density at radius 1 is 1.17 bits per heavy atom. The third-order valence-corrected chi connectivity index (χ3v) is 5.54. The molecule has 1 heterocycles. The molecule has 148 valence electrons. The molecule has 1 aliphatic rings. The van der Waals surface area contributed by atoms with Gasteiger partial charge in [0.2, 0.25) is 5.91 Å². The lowest BCUT2D eigenvalue weighted by molar-refractivity contribution is -0.122. The predicted octanol–water partition coefficient (Wildman–Crippen LogP) is 4.57. The zero-order chi connectivity index (χ0) is 20.8. The van der Waals surface area contributed by atoms with Gasteiger partial charge in [-0.2, -0.15) is 0 Å². The van der Waals surface area contributed by atoms with Crippen LogP contribution < -0.4 is 5.32 Å². The van der Waals surface area contributed by atoms with Crippen LogP contribution in [0.4, 0.5) is 5.69 Å². The van der Waals surface area contributed by atoms with E-state index in [1.165, 1.54) is 22.7 Å². The minimum Gasteiger partial charge on any atom is -0.506 e. The van der Waals surface area contributed by atoms with Crippen molar-refractivity contribution in [2.45, 2.75) is 13.3 Å². The fourth-order valence-corrected chi connectivity index (χ4v) is 4.12. The molecule has 0 unspecified atom stereocenters. The fraction of sp³-hybridized carbons (Fsp3) is 0.136. The second-order valence-corrected chi connectivity index (χ2v) is 8.12. The Morgan fingerprint density at radius 2 is 1.86 bits per heavy atom. The van der Waals surface area contributed by atoms with Crippen molar-refractivity contribution in [2.75, 3.05) is 11.9 Å². The van der Waals surface area contributed by atoms with Crippen LogP contribution in [-0.2, 0) is 9.59 Å². The third kappa shape index (κ3) is 5.56. The van der Waals surface area contributed by atoms with Gasteiger partial charge in [-0.1, -0.05) is 72.5 Å². The van der Waals surface area contributed by atoms with Gasteiger partial charge in [0.1, 0.15) is 10.1 Å². The summed E-state index contributed by atoms with van der Waals surface area (Å²) in [7, 11) is 0. The number of hydrogen-bond acceptors (Lipinski definition) is 5. The van der Waals surface area contributed by atoms with Gasteiger partial charge in [0.05, 0.1) is 10.6 Å². The number of carbonyl (C=O) groups is 2. The molecule has 0 saturated carbocycles. The monoisotopic (exact) mass is 424 g/mol. The highest BCUT2D eigenvalue weighted by molar-refractivity contribution is 8.26. The van der Waals surface area contributed by atoms with E-state index in [0.717, 1.165) is 11.1 Å². The van der Waals surface area contributed by atoms with E-state index in [4.69, 9.17) is 12.2 Å². The van der Waals surface area contributed by atoms with Gasteiger partial charge in [0, 0.05) is 13.0 Å². The predicted molar refractivity (Wildman–Crippen MR) is 121 cm³/mol. The lowest BCUT2D eigenvalue weighted by Crippen LogP contribution is -2.31. The Kier molecular flexibility index (Phi) is 6.85. The van der Waals surface area contributed by atoms with Gasteiger partial charge in [-0.15, -0.1) is 0 Å². The van der Waals surface area contributed by atoms with E-state index in [9.17, 15) is 14.7 Å². The number of aromatic hydroxyl groups is 1. The maximum absolute atomic E-state index is 12.7. The molecule has 2 N–H and O–H groups in total. The number of carbonyl (C=O) groups excluding carboxylic acids is 2. The highest BCUT2D eigenvalue weighted by Gasteiger charge is 2.32. The van der Waals surface area contributed by atoms with Crippen LogP contribution in [0, 0.1) is 0 Å². The van der Waals surface area contributed by atoms with Gasteiger partial charge in [-0.3, -0.25) is 14.5 Å². The normalized spacial score (nSPS) is 15.8. The first-order valence-corrected chi connectivity index (χ1v) is 10.2. The number of rotatable bonds is 6. The topological polar surface area (TPSA) is 69.6 Å². The van der Waals surface area contributed by atoms with Gasteiger partial charge in [0.15, 0.2) is 0 Å². The zero-order valence-corrected chi connectivity index (χ0v) is 17.4. The summed E-state index contributed by atoms with van der Waals surface area (Å²) in [5, 5.41) is 12.4. The molecule has 0 spiro atoms. The minimum atomic E-state index is -0.301. The molecule has 2 aromatic carbocycles. The summed E-state index contributed by atoms with van der Waals surface area (Å²) in [5.74, 6) is -0.504. The minimum absolute atomic E-state index is 0.00456. The summed E-state index contributed by atoms with van der Waals surface area (Å²) in [6, 6.07) is 16.3. The fourth-order valence-electron chi connectivity index (χ4n) is 2.76. The molecule has 5 nitrogen and oxygen atoms in total. The molecule has 0 atom stereocenters. The van der Waals surface area contributed by atoms with Crippen molar-refractivity contribution in [3.05, 3.63) is 76.7 Å². The van der Waals surface area contributed by atoms with E-state index in [1.807, 2.05) is 49.4 Å². The van der Waals surface area contributed by atoms with E-state index >= 15 is 0 Å². The molecule has 1 aliphatic heterocycles. The van der Waals surface area contributed by atoms with Crippen molar-refractivity contribution >= 4 is 51.9 Å². The SMILES string of the molecule is CC(=Cc1ccccc1)/C=C1\SC(=S)N(CCC(=O)Nc2ccccc2O)C1=O. The van der Waals surface area contributed by atoms with Crippen molar-refractivity contribution in [2.24, 2.45) is 0 Å². The molecule has 2 amide bonds. The lowest BCUT2D eigenvalue weighted by atomic mass is 10.1. The maximum Gasteiger partial charge on any atom is 0.266 e. The molecule has 29 heavy (non-hydrogen) atoms. The number of allylic oxidation sites excluding steroid dienone is 2. The highest BCUT2D eigenvalue weighted by atomic mass is 32.2. The average Bonchev–Trinajstić information content (AvgIpc) is 2.95. The first kappa shape index (κ1) is 20.8. The molecule has 0 aromatic heterocycles. The number of nitrogens with zero attached hydrogens (tertiary/aromatic N) is 1. The van der Waals surface area contributed by atoms with Gasteiger partial charge in [-0.05, 0) is 36.3 Å². The number of para-hydroxylation sites is 2. The molecule has 0 bridgehead atoms. The summed E-state index contributed by atoms with van der Waals surface area (Å²) < 4.78 is 0.434. The summed E-state index contributed by atoms with van der Waals surface area (Å²) in [6.45, 7) is 2.11. The molecule has 3 rings (SSSR count). The quantitative estimate of drug-likeness (QED) is 0.404. The summed E-state index contributed by atoms with van der Waals surface area (Å²) in [4.78, 5) is 26.8. The van der Waals surface area contributed by atoms with E-state index < -0.39 is 0 Å². The molecule has 1 saturated heterocycles. The number of thiocarbonyl (C=S) groups is 1. The number of thioether (sulfide) groups is 1. The second kappa shape index (κ2) is 9.54.